The van der Waals surface area contributed by atoms with E-state index in [-0.39, 0.29) is 6.10 Å². The van der Waals surface area contributed by atoms with Gasteiger partial charge in [-0.05, 0) is 19.5 Å². The average Bonchev–Trinajstić information content (AvgIpc) is 2.46. The van der Waals surface area contributed by atoms with Crippen LogP contribution in [0.2, 0.25) is 0 Å². The fourth-order valence-electron chi connectivity index (χ4n) is 1.86. The fourth-order valence-corrected chi connectivity index (χ4v) is 1.86. The van der Waals surface area contributed by atoms with Gasteiger partial charge in [0, 0.05) is 18.7 Å². The highest BCUT2D eigenvalue weighted by atomic mass is 16.5. The van der Waals surface area contributed by atoms with Gasteiger partial charge in [-0.2, -0.15) is 0 Å². The Morgan fingerprint density at radius 3 is 2.63 bits per heavy atom. The van der Waals surface area contributed by atoms with Gasteiger partial charge in [-0.1, -0.05) is 25.1 Å². The van der Waals surface area contributed by atoms with Gasteiger partial charge in [-0.3, -0.25) is 0 Å². The van der Waals surface area contributed by atoms with E-state index in [9.17, 15) is 0 Å². The lowest BCUT2D eigenvalue weighted by Gasteiger charge is -2.20. The van der Waals surface area contributed by atoms with Crippen molar-refractivity contribution in [3.63, 3.8) is 0 Å². The predicted octanol–water partition coefficient (Wildman–Crippen LogP) is 2.40. The molecule has 0 saturated carbocycles. The Morgan fingerprint density at radius 2 is 1.95 bits per heavy atom. The second-order valence-corrected chi connectivity index (χ2v) is 4.11. The van der Waals surface area contributed by atoms with Crippen LogP contribution in [0.5, 0.6) is 5.75 Å². The lowest BCUT2D eigenvalue weighted by Crippen LogP contribution is -2.24. The van der Waals surface area contributed by atoms with E-state index in [1.54, 1.807) is 7.11 Å². The summed E-state index contributed by atoms with van der Waals surface area (Å²) in [6, 6.07) is 7.97. The maximum Gasteiger partial charge on any atom is 0.124 e. The first kappa shape index (κ1) is 16.0. The molecule has 0 aliphatic carbocycles. The monoisotopic (exact) mass is 267 g/mol. The van der Waals surface area contributed by atoms with Crippen molar-refractivity contribution >= 4 is 0 Å². The van der Waals surface area contributed by atoms with Crippen LogP contribution < -0.4 is 10.1 Å². The van der Waals surface area contributed by atoms with Crippen LogP contribution in [-0.4, -0.2) is 40.0 Å². The number of nitrogens with one attached hydrogen (secondary N) is 1. The van der Waals surface area contributed by atoms with Gasteiger partial charge in [0.15, 0.2) is 0 Å². The normalized spacial score (nSPS) is 12.4. The second kappa shape index (κ2) is 9.78. The molecule has 0 amide bonds. The van der Waals surface area contributed by atoms with Gasteiger partial charge in [0.05, 0.1) is 26.4 Å². The minimum atomic E-state index is -0.0171. The van der Waals surface area contributed by atoms with Gasteiger partial charge in [0.1, 0.15) is 5.75 Å². The van der Waals surface area contributed by atoms with Crippen molar-refractivity contribution in [2.24, 2.45) is 0 Å². The molecule has 0 saturated heterocycles. The molecule has 0 aromatic heterocycles. The van der Waals surface area contributed by atoms with E-state index >= 15 is 0 Å². The highest BCUT2D eigenvalue weighted by Crippen LogP contribution is 2.26. The maximum atomic E-state index is 5.91. The molecule has 4 nitrogen and oxygen atoms in total. The first-order chi connectivity index (χ1) is 9.33. The summed E-state index contributed by atoms with van der Waals surface area (Å²) in [7, 11) is 1.68. The van der Waals surface area contributed by atoms with E-state index in [1.807, 2.05) is 31.2 Å². The summed E-state index contributed by atoms with van der Waals surface area (Å²) in [5, 5.41) is 3.32. The fraction of sp³-hybridized carbons (Fsp3) is 0.600. The summed E-state index contributed by atoms with van der Waals surface area (Å²) in [5.41, 5.74) is 1.07. The van der Waals surface area contributed by atoms with Gasteiger partial charge < -0.3 is 19.5 Å². The van der Waals surface area contributed by atoms with Crippen molar-refractivity contribution in [3.8, 4) is 5.75 Å². The number of methoxy groups -OCH3 is 1. The lowest BCUT2D eigenvalue weighted by atomic mass is 10.1. The molecular weight excluding hydrogens is 242 g/mol. The molecule has 1 N–H and O–H groups in total. The van der Waals surface area contributed by atoms with Crippen LogP contribution in [0.1, 0.15) is 25.5 Å². The summed E-state index contributed by atoms with van der Waals surface area (Å²) in [6.45, 7) is 7.67. The van der Waals surface area contributed by atoms with E-state index in [0.29, 0.717) is 13.2 Å². The van der Waals surface area contributed by atoms with Gasteiger partial charge in [0.2, 0.25) is 0 Å². The molecule has 19 heavy (non-hydrogen) atoms. The van der Waals surface area contributed by atoms with Crippen molar-refractivity contribution in [1.29, 1.82) is 0 Å². The highest BCUT2D eigenvalue weighted by molar-refractivity contribution is 5.35. The predicted molar refractivity (Wildman–Crippen MR) is 76.7 cm³/mol. The third-order valence-corrected chi connectivity index (χ3v) is 2.82. The third-order valence-electron chi connectivity index (χ3n) is 2.82. The zero-order valence-corrected chi connectivity index (χ0v) is 12.1. The zero-order valence-electron chi connectivity index (χ0n) is 12.1. The first-order valence-electron chi connectivity index (χ1n) is 6.86. The van der Waals surface area contributed by atoms with Gasteiger partial charge in [-0.15, -0.1) is 0 Å². The van der Waals surface area contributed by atoms with Crippen molar-refractivity contribution in [2.45, 2.75) is 20.0 Å². The molecule has 0 fully saturated rings. The topological polar surface area (TPSA) is 39.7 Å². The van der Waals surface area contributed by atoms with E-state index < -0.39 is 0 Å². The molecular formula is C15H25NO3. The van der Waals surface area contributed by atoms with E-state index in [1.165, 1.54) is 0 Å². The molecule has 1 unspecified atom stereocenters. The minimum absolute atomic E-state index is 0.0171. The molecule has 1 rings (SSSR count). The summed E-state index contributed by atoms with van der Waals surface area (Å²) < 4.78 is 16.6. The number of benzene rings is 1. The highest BCUT2D eigenvalue weighted by Gasteiger charge is 2.15. The molecule has 1 aromatic rings. The minimum Gasteiger partial charge on any atom is -0.496 e. The van der Waals surface area contributed by atoms with Crippen LogP contribution in [0.3, 0.4) is 0 Å². The Bertz CT molecular complexity index is 344. The van der Waals surface area contributed by atoms with Crippen LogP contribution in [0, 0.1) is 0 Å². The van der Waals surface area contributed by atoms with Crippen molar-refractivity contribution in [3.05, 3.63) is 29.8 Å². The van der Waals surface area contributed by atoms with Crippen molar-refractivity contribution in [2.75, 3.05) is 40.0 Å². The standard InChI is InChI=1S/C15H25NO3/c1-4-16-12-15(19-11-10-18-5-2)13-8-6-7-9-14(13)17-3/h6-9,15-16H,4-5,10-12H2,1-3H3. The Balaban J connectivity index is 2.65. The molecule has 0 spiro atoms. The molecule has 1 atom stereocenters. The SMILES string of the molecule is CCNCC(OCCOCC)c1ccccc1OC. The molecule has 4 heteroatoms. The van der Waals surface area contributed by atoms with Gasteiger partial charge in [-0.25, -0.2) is 0 Å². The first-order valence-corrected chi connectivity index (χ1v) is 6.86. The van der Waals surface area contributed by atoms with Gasteiger partial charge in [0.25, 0.3) is 0 Å². The molecule has 0 aliphatic heterocycles. The van der Waals surface area contributed by atoms with E-state index in [4.69, 9.17) is 14.2 Å². The number of ether oxygens (including phenoxy) is 3. The van der Waals surface area contributed by atoms with Crippen LogP contribution >= 0.6 is 0 Å². The number of para-hydroxylation sites is 1. The zero-order chi connectivity index (χ0) is 13.9. The molecule has 0 radical (unpaired) electrons. The average molecular weight is 267 g/mol. The molecule has 0 bridgehead atoms. The summed E-state index contributed by atoms with van der Waals surface area (Å²) >= 11 is 0. The van der Waals surface area contributed by atoms with Crippen molar-refractivity contribution < 1.29 is 14.2 Å². The van der Waals surface area contributed by atoms with Gasteiger partial charge >= 0.3 is 0 Å². The smallest absolute Gasteiger partial charge is 0.124 e. The molecule has 1 aromatic carbocycles. The Hall–Kier alpha value is -1.10. The quantitative estimate of drug-likeness (QED) is 0.661. The maximum absolute atomic E-state index is 5.91. The number of hydrogen-bond acceptors (Lipinski definition) is 4. The van der Waals surface area contributed by atoms with Crippen LogP contribution in [0.15, 0.2) is 24.3 Å². The van der Waals surface area contributed by atoms with E-state index in [2.05, 4.69) is 12.2 Å². The molecule has 0 heterocycles. The van der Waals surface area contributed by atoms with Crippen LogP contribution in [-0.2, 0) is 9.47 Å². The van der Waals surface area contributed by atoms with Crippen LogP contribution in [0.4, 0.5) is 0 Å². The Morgan fingerprint density at radius 1 is 1.16 bits per heavy atom. The van der Waals surface area contributed by atoms with Crippen molar-refractivity contribution in [1.82, 2.24) is 5.32 Å². The number of rotatable bonds is 10. The second-order valence-electron chi connectivity index (χ2n) is 4.11. The summed E-state index contributed by atoms with van der Waals surface area (Å²) in [6.07, 6.45) is -0.0171. The number of likely N-dealkylation sites (N-methyl/N-ethyl adjacent to an activating group) is 1. The largest absolute Gasteiger partial charge is 0.496 e. The Labute approximate surface area is 116 Å². The molecule has 0 aliphatic rings. The Kier molecular flexibility index (Phi) is 8.21. The summed E-state index contributed by atoms with van der Waals surface area (Å²) in [5.74, 6) is 0.863. The number of hydrogen-bond donors (Lipinski definition) is 1. The van der Waals surface area contributed by atoms with Crippen LogP contribution in [0.25, 0.3) is 0 Å². The summed E-state index contributed by atoms with van der Waals surface area (Å²) in [4.78, 5) is 0. The lowest BCUT2D eigenvalue weighted by molar-refractivity contribution is 0.00618. The van der Waals surface area contributed by atoms with E-state index in [0.717, 1.165) is 31.0 Å². The molecule has 108 valence electrons. The third kappa shape index (κ3) is 5.59.